The molecule has 4 nitrogen and oxygen atoms in total. The van der Waals surface area contributed by atoms with Gasteiger partial charge in [-0.3, -0.25) is 4.79 Å². The second-order valence-corrected chi connectivity index (χ2v) is 3.58. The minimum atomic E-state index is -0.0874. The maximum absolute atomic E-state index is 11.0. The van der Waals surface area contributed by atoms with Gasteiger partial charge in [-0.05, 0) is 26.3 Å². The zero-order valence-electron chi connectivity index (χ0n) is 10.6. The van der Waals surface area contributed by atoms with Crippen molar-refractivity contribution in [3.63, 3.8) is 0 Å². The van der Waals surface area contributed by atoms with Crippen LogP contribution in [-0.2, 0) is 14.3 Å². The SMILES string of the molecule is CCNCCOCCCCCC(=O)OCC. The average Bonchev–Trinajstić information content (AvgIpc) is 2.27. The fourth-order valence-electron chi connectivity index (χ4n) is 1.31. The molecule has 0 aliphatic rings. The molecular weight excluding hydrogens is 206 g/mol. The summed E-state index contributed by atoms with van der Waals surface area (Å²) in [5, 5.41) is 3.19. The molecule has 0 atom stereocenters. The van der Waals surface area contributed by atoms with Crippen LogP contribution in [0, 0.1) is 0 Å². The molecule has 0 spiro atoms. The first-order chi connectivity index (χ1) is 7.81. The molecule has 0 aromatic carbocycles. The van der Waals surface area contributed by atoms with Gasteiger partial charge >= 0.3 is 5.97 Å². The summed E-state index contributed by atoms with van der Waals surface area (Å²) in [6.45, 7) is 7.85. The number of carbonyl (C=O) groups excluding carboxylic acids is 1. The largest absolute Gasteiger partial charge is 0.466 e. The summed E-state index contributed by atoms with van der Waals surface area (Å²) in [7, 11) is 0. The predicted octanol–water partition coefficient (Wildman–Crippen LogP) is 1.74. The van der Waals surface area contributed by atoms with Gasteiger partial charge in [0.1, 0.15) is 0 Å². The van der Waals surface area contributed by atoms with Gasteiger partial charge < -0.3 is 14.8 Å². The Morgan fingerprint density at radius 3 is 2.62 bits per heavy atom. The maximum atomic E-state index is 11.0. The van der Waals surface area contributed by atoms with E-state index in [1.807, 2.05) is 6.92 Å². The van der Waals surface area contributed by atoms with Crippen molar-refractivity contribution in [1.82, 2.24) is 5.32 Å². The second-order valence-electron chi connectivity index (χ2n) is 3.58. The van der Waals surface area contributed by atoms with Crippen LogP contribution in [0.2, 0.25) is 0 Å². The molecule has 0 unspecified atom stereocenters. The Morgan fingerprint density at radius 1 is 1.12 bits per heavy atom. The molecule has 0 aromatic rings. The van der Waals surface area contributed by atoms with Crippen molar-refractivity contribution in [2.24, 2.45) is 0 Å². The summed E-state index contributed by atoms with van der Waals surface area (Å²) in [5.41, 5.74) is 0. The quantitative estimate of drug-likeness (QED) is 0.434. The minimum Gasteiger partial charge on any atom is -0.466 e. The predicted molar refractivity (Wildman–Crippen MR) is 64.5 cm³/mol. The smallest absolute Gasteiger partial charge is 0.305 e. The number of hydrogen-bond donors (Lipinski definition) is 1. The fraction of sp³-hybridized carbons (Fsp3) is 0.917. The van der Waals surface area contributed by atoms with Crippen molar-refractivity contribution in [2.45, 2.75) is 39.5 Å². The maximum Gasteiger partial charge on any atom is 0.305 e. The van der Waals surface area contributed by atoms with Crippen LogP contribution in [0.3, 0.4) is 0 Å². The summed E-state index contributed by atoms with van der Waals surface area (Å²) in [4.78, 5) is 11.0. The normalized spacial score (nSPS) is 10.4. The van der Waals surface area contributed by atoms with Crippen LogP contribution in [0.1, 0.15) is 39.5 Å². The summed E-state index contributed by atoms with van der Waals surface area (Å²) >= 11 is 0. The third kappa shape index (κ3) is 11.5. The number of rotatable bonds is 11. The van der Waals surface area contributed by atoms with E-state index in [0.29, 0.717) is 13.0 Å². The third-order valence-electron chi connectivity index (χ3n) is 2.15. The third-order valence-corrected chi connectivity index (χ3v) is 2.15. The van der Waals surface area contributed by atoms with Crippen LogP contribution in [0.5, 0.6) is 0 Å². The average molecular weight is 231 g/mol. The Labute approximate surface area is 98.7 Å². The second kappa shape index (κ2) is 12.5. The molecule has 0 aliphatic carbocycles. The van der Waals surface area contributed by atoms with Crippen molar-refractivity contribution < 1.29 is 14.3 Å². The highest BCUT2D eigenvalue weighted by molar-refractivity contribution is 5.69. The highest BCUT2D eigenvalue weighted by Gasteiger charge is 2.00. The van der Waals surface area contributed by atoms with Crippen LogP contribution in [0.15, 0.2) is 0 Å². The molecule has 16 heavy (non-hydrogen) atoms. The number of hydrogen-bond acceptors (Lipinski definition) is 4. The number of ether oxygens (including phenoxy) is 2. The number of unbranched alkanes of at least 4 members (excludes halogenated alkanes) is 2. The molecule has 0 saturated heterocycles. The van der Waals surface area contributed by atoms with E-state index in [-0.39, 0.29) is 5.97 Å². The Morgan fingerprint density at radius 2 is 1.94 bits per heavy atom. The van der Waals surface area contributed by atoms with Crippen LogP contribution < -0.4 is 5.32 Å². The van der Waals surface area contributed by atoms with Crippen LogP contribution >= 0.6 is 0 Å². The lowest BCUT2D eigenvalue weighted by molar-refractivity contribution is -0.143. The molecule has 0 bridgehead atoms. The summed E-state index contributed by atoms with van der Waals surface area (Å²) in [5.74, 6) is -0.0874. The van der Waals surface area contributed by atoms with Crippen LogP contribution in [0.4, 0.5) is 0 Å². The molecule has 0 aromatic heterocycles. The lowest BCUT2D eigenvalue weighted by atomic mass is 10.2. The van der Waals surface area contributed by atoms with Gasteiger partial charge in [0.15, 0.2) is 0 Å². The van der Waals surface area contributed by atoms with Crippen molar-refractivity contribution >= 4 is 5.97 Å². The van der Waals surface area contributed by atoms with E-state index in [1.54, 1.807) is 0 Å². The monoisotopic (exact) mass is 231 g/mol. The van der Waals surface area contributed by atoms with Gasteiger partial charge in [0, 0.05) is 19.6 Å². The molecule has 0 aliphatic heterocycles. The molecular formula is C12H25NO3. The molecule has 0 heterocycles. The van der Waals surface area contributed by atoms with Gasteiger partial charge in [-0.1, -0.05) is 13.3 Å². The van der Waals surface area contributed by atoms with Gasteiger partial charge in [0.05, 0.1) is 13.2 Å². The first-order valence-electron chi connectivity index (χ1n) is 6.25. The Hall–Kier alpha value is -0.610. The lowest BCUT2D eigenvalue weighted by Gasteiger charge is -2.04. The molecule has 4 heteroatoms. The lowest BCUT2D eigenvalue weighted by Crippen LogP contribution is -2.19. The summed E-state index contributed by atoms with van der Waals surface area (Å²) < 4.78 is 10.2. The van der Waals surface area contributed by atoms with E-state index in [0.717, 1.165) is 45.6 Å². The molecule has 0 radical (unpaired) electrons. The van der Waals surface area contributed by atoms with Crippen LogP contribution in [-0.4, -0.2) is 38.9 Å². The Bertz CT molecular complexity index is 162. The topological polar surface area (TPSA) is 47.6 Å². The van der Waals surface area contributed by atoms with Crippen molar-refractivity contribution in [1.29, 1.82) is 0 Å². The summed E-state index contributed by atoms with van der Waals surface area (Å²) in [6, 6.07) is 0. The van der Waals surface area contributed by atoms with E-state index in [2.05, 4.69) is 12.2 Å². The van der Waals surface area contributed by atoms with Crippen molar-refractivity contribution in [2.75, 3.05) is 32.9 Å². The Kier molecular flexibility index (Phi) is 12.0. The van der Waals surface area contributed by atoms with E-state index in [4.69, 9.17) is 9.47 Å². The van der Waals surface area contributed by atoms with Crippen molar-refractivity contribution in [3.05, 3.63) is 0 Å². The number of carbonyl (C=O) groups is 1. The number of likely N-dealkylation sites (N-methyl/N-ethyl adjacent to an activating group) is 1. The minimum absolute atomic E-state index is 0.0874. The van der Waals surface area contributed by atoms with Gasteiger partial charge in [-0.15, -0.1) is 0 Å². The molecule has 0 saturated carbocycles. The fourth-order valence-corrected chi connectivity index (χ4v) is 1.31. The standard InChI is InChI=1S/C12H25NO3/c1-3-13-9-11-15-10-7-5-6-8-12(14)16-4-2/h13H,3-11H2,1-2H3. The van der Waals surface area contributed by atoms with Gasteiger partial charge in [-0.25, -0.2) is 0 Å². The first kappa shape index (κ1) is 15.4. The van der Waals surface area contributed by atoms with Gasteiger partial charge in [-0.2, -0.15) is 0 Å². The Balaban J connectivity index is 3.01. The molecule has 0 rings (SSSR count). The van der Waals surface area contributed by atoms with E-state index < -0.39 is 0 Å². The molecule has 96 valence electrons. The van der Waals surface area contributed by atoms with E-state index in [9.17, 15) is 4.79 Å². The van der Waals surface area contributed by atoms with E-state index in [1.165, 1.54) is 0 Å². The first-order valence-corrected chi connectivity index (χ1v) is 6.25. The highest BCUT2D eigenvalue weighted by Crippen LogP contribution is 2.01. The molecule has 0 fully saturated rings. The van der Waals surface area contributed by atoms with Crippen molar-refractivity contribution in [3.8, 4) is 0 Å². The number of nitrogens with one attached hydrogen (secondary N) is 1. The van der Waals surface area contributed by atoms with Gasteiger partial charge in [0.25, 0.3) is 0 Å². The zero-order chi connectivity index (χ0) is 12.1. The highest BCUT2D eigenvalue weighted by atomic mass is 16.5. The number of esters is 1. The molecule has 1 N–H and O–H groups in total. The zero-order valence-corrected chi connectivity index (χ0v) is 10.6. The van der Waals surface area contributed by atoms with Crippen LogP contribution in [0.25, 0.3) is 0 Å². The molecule has 0 amide bonds. The van der Waals surface area contributed by atoms with Gasteiger partial charge in [0.2, 0.25) is 0 Å². The summed E-state index contributed by atoms with van der Waals surface area (Å²) in [6.07, 6.45) is 3.48. The van der Waals surface area contributed by atoms with E-state index >= 15 is 0 Å².